The smallest absolute Gasteiger partial charge is 0.480 e. The summed E-state index contributed by atoms with van der Waals surface area (Å²) in [5, 5.41) is 9.28. The Balaban J connectivity index is 0.000000491. The number of carbonyl (C=O) groups is 6. The van der Waals surface area contributed by atoms with Crippen molar-refractivity contribution in [1.29, 1.82) is 0 Å². The zero-order valence-corrected chi connectivity index (χ0v) is 38.3. The molecule has 0 spiro atoms. The molecule has 2 saturated heterocycles. The molecule has 22 heteroatoms. The van der Waals surface area contributed by atoms with Gasteiger partial charge in [-0.05, 0) is 120 Å². The molecule has 15 nitrogen and oxygen atoms in total. The van der Waals surface area contributed by atoms with E-state index in [1.807, 2.05) is 0 Å². The number of halogens is 7. The molecule has 2 aromatic rings. The minimum absolute atomic E-state index is 0. The van der Waals surface area contributed by atoms with E-state index >= 15 is 0 Å². The number of carboxylic acid groups (broad SMARTS) is 1. The Morgan fingerprint density at radius 1 is 0.547 bits per heavy atom. The van der Waals surface area contributed by atoms with Gasteiger partial charge >= 0.3 is 30.5 Å². The standard InChI is InChI=1S/C16H19F3N2O3.C16H18F3NO4.C10H18O5.ClH/c1-16(2,3)24-15(23)21-7-8(6-11(21)14(20)22)12-9(17)4-5-10(18)13(12)19;1-16(2,3)24-15(23)20-7-8(6-11(20)14(21)22)12-9(17)4-5-10(18)13(12)19;1-9(2,3)14-7(11)13-8(12)15-10(4,5)6;/h4-5,8,11H,6-7H2,1-3H3,(H2,20,22);4-5,8,11H,6-7H2,1-3H3,(H,21,22);1-6H3;1H/t2*8-,11?;;/m00../s1. The van der Waals surface area contributed by atoms with Crippen LogP contribution < -0.4 is 5.73 Å². The number of likely N-dealkylation sites (tertiary alicyclic amines) is 2. The number of ether oxygens (including phenoxy) is 5. The maximum Gasteiger partial charge on any atom is 0.519 e. The van der Waals surface area contributed by atoms with Crippen LogP contribution >= 0.6 is 12.4 Å². The topological polar surface area (TPSA) is 201 Å². The summed E-state index contributed by atoms with van der Waals surface area (Å²) >= 11 is 0. The Kier molecular flexibility index (Phi) is 19.4. The summed E-state index contributed by atoms with van der Waals surface area (Å²) in [6, 6.07) is 0.547. The summed E-state index contributed by atoms with van der Waals surface area (Å²) in [4.78, 5) is 71.3. The van der Waals surface area contributed by atoms with Gasteiger partial charge in [0, 0.05) is 36.1 Å². The highest BCUT2D eigenvalue weighted by Crippen LogP contribution is 2.38. The molecule has 4 atom stereocenters. The maximum atomic E-state index is 14.0. The van der Waals surface area contributed by atoms with E-state index < -0.39 is 129 Å². The predicted molar refractivity (Wildman–Crippen MR) is 218 cm³/mol. The van der Waals surface area contributed by atoms with Crippen LogP contribution in [0.15, 0.2) is 24.3 Å². The number of nitrogens with two attached hydrogens (primary N) is 1. The number of rotatable bonds is 4. The Bertz CT molecular complexity index is 1890. The fraction of sp³-hybridized carbons (Fsp3) is 0.571. The molecule has 2 fully saturated rings. The molecule has 64 heavy (non-hydrogen) atoms. The van der Waals surface area contributed by atoms with Crippen LogP contribution in [0.2, 0.25) is 0 Å². The molecule has 2 aliphatic heterocycles. The molecule has 2 aliphatic rings. The summed E-state index contributed by atoms with van der Waals surface area (Å²) in [7, 11) is 0. The fourth-order valence-electron chi connectivity index (χ4n) is 6.08. The Morgan fingerprint density at radius 2 is 0.844 bits per heavy atom. The number of hydrogen-bond acceptors (Lipinski definition) is 11. The number of carbonyl (C=O) groups excluding carboxylic acids is 5. The zero-order valence-electron chi connectivity index (χ0n) is 37.5. The third-order valence-corrected chi connectivity index (χ3v) is 8.39. The zero-order chi connectivity index (χ0) is 48.7. The van der Waals surface area contributed by atoms with Crippen molar-refractivity contribution in [1.82, 2.24) is 9.80 Å². The first-order chi connectivity index (χ1) is 28.5. The minimum Gasteiger partial charge on any atom is -0.480 e. The second kappa shape index (κ2) is 21.9. The molecular formula is C42H56ClF6N3O12. The fourth-order valence-corrected chi connectivity index (χ4v) is 6.08. The molecule has 2 unspecified atom stereocenters. The van der Waals surface area contributed by atoms with Gasteiger partial charge in [-0.15, -0.1) is 12.4 Å². The van der Waals surface area contributed by atoms with Crippen LogP contribution in [0.4, 0.5) is 45.5 Å². The Hall–Kier alpha value is -5.47. The molecule has 0 saturated carbocycles. The molecule has 0 bridgehead atoms. The minimum atomic E-state index is -1.37. The molecule has 0 aromatic heterocycles. The molecule has 3 N–H and O–H groups in total. The lowest BCUT2D eigenvalue weighted by molar-refractivity contribution is -0.142. The van der Waals surface area contributed by atoms with Gasteiger partial charge in [0.25, 0.3) is 0 Å². The van der Waals surface area contributed by atoms with Crippen LogP contribution in [-0.2, 0) is 33.3 Å². The van der Waals surface area contributed by atoms with E-state index in [9.17, 15) is 60.2 Å². The summed E-state index contributed by atoms with van der Waals surface area (Å²) in [5.41, 5.74) is 1.19. The van der Waals surface area contributed by atoms with Gasteiger partial charge in [-0.3, -0.25) is 14.6 Å². The van der Waals surface area contributed by atoms with Gasteiger partial charge in [0.05, 0.1) is 0 Å². The van der Waals surface area contributed by atoms with Crippen molar-refractivity contribution in [3.05, 3.63) is 70.3 Å². The van der Waals surface area contributed by atoms with Crippen LogP contribution in [-0.4, -0.2) is 98.9 Å². The molecule has 2 aromatic carbocycles. The third kappa shape index (κ3) is 17.2. The second-order valence-corrected chi connectivity index (χ2v) is 18.4. The van der Waals surface area contributed by atoms with Gasteiger partial charge in [-0.2, -0.15) is 0 Å². The monoisotopic (exact) mass is 943 g/mol. The number of nitrogens with zero attached hydrogens (tertiary/aromatic N) is 2. The van der Waals surface area contributed by atoms with Gasteiger partial charge in [-0.1, -0.05) is 0 Å². The number of primary amides is 1. The normalized spacial score (nSPS) is 18.5. The number of carboxylic acids is 1. The van der Waals surface area contributed by atoms with Crippen LogP contribution in [0.1, 0.15) is 119 Å². The molecule has 0 aliphatic carbocycles. The SMILES string of the molecule is CC(C)(C)OC(=O)N1C[C@@H](c2c(F)ccc(F)c2F)CC1C(=O)O.CC(C)(C)OC(=O)N1C[C@@H](c2c(F)ccc(F)c2F)CC1C(N)=O.CC(C)(C)OC(=O)OC(=O)OC(C)(C)C.Cl. The molecular weight excluding hydrogens is 888 g/mol. The average Bonchev–Trinajstić information content (AvgIpc) is 3.72. The summed E-state index contributed by atoms with van der Waals surface area (Å²) in [5.74, 6) is -11.0. The van der Waals surface area contributed by atoms with Gasteiger partial charge < -0.3 is 34.5 Å². The van der Waals surface area contributed by atoms with Crippen molar-refractivity contribution >= 4 is 48.8 Å². The largest absolute Gasteiger partial charge is 0.519 e. The number of benzene rings is 2. The van der Waals surface area contributed by atoms with Gasteiger partial charge in [0.1, 0.15) is 46.1 Å². The molecule has 2 heterocycles. The first-order valence-corrected chi connectivity index (χ1v) is 19.4. The van der Waals surface area contributed by atoms with E-state index in [1.165, 1.54) is 0 Å². The van der Waals surface area contributed by atoms with Gasteiger partial charge in [0.15, 0.2) is 23.3 Å². The molecule has 3 amide bonds. The first kappa shape index (κ1) is 56.5. The Morgan fingerprint density at radius 3 is 1.14 bits per heavy atom. The van der Waals surface area contributed by atoms with Crippen molar-refractivity contribution in [2.45, 2.75) is 142 Å². The van der Waals surface area contributed by atoms with E-state index in [0.29, 0.717) is 12.1 Å². The summed E-state index contributed by atoms with van der Waals surface area (Å²) in [6.07, 6.45) is -4.16. The lowest BCUT2D eigenvalue weighted by Crippen LogP contribution is -2.45. The van der Waals surface area contributed by atoms with Crippen LogP contribution in [0, 0.1) is 34.9 Å². The van der Waals surface area contributed by atoms with Crippen LogP contribution in [0.25, 0.3) is 0 Å². The summed E-state index contributed by atoms with van der Waals surface area (Å²) in [6.45, 7) is 19.3. The average molecular weight is 944 g/mol. The third-order valence-electron chi connectivity index (χ3n) is 8.39. The van der Waals surface area contributed by atoms with E-state index in [1.54, 1.807) is 83.1 Å². The van der Waals surface area contributed by atoms with Crippen molar-refractivity contribution in [3.63, 3.8) is 0 Å². The molecule has 0 radical (unpaired) electrons. The predicted octanol–water partition coefficient (Wildman–Crippen LogP) is 9.26. The van der Waals surface area contributed by atoms with Gasteiger partial charge in [-0.25, -0.2) is 50.3 Å². The molecule has 360 valence electrons. The number of hydrogen-bond donors (Lipinski definition) is 2. The Labute approximate surface area is 373 Å². The molecule has 4 rings (SSSR count). The highest BCUT2D eigenvalue weighted by Gasteiger charge is 2.45. The van der Waals surface area contributed by atoms with Crippen molar-refractivity contribution < 1.29 is 83.9 Å². The highest BCUT2D eigenvalue weighted by atomic mass is 35.5. The summed E-state index contributed by atoms with van der Waals surface area (Å²) < 4.78 is 107. The van der Waals surface area contributed by atoms with E-state index in [4.69, 9.17) is 24.7 Å². The van der Waals surface area contributed by atoms with Crippen LogP contribution in [0.5, 0.6) is 0 Å². The maximum absolute atomic E-state index is 14.0. The lowest BCUT2D eigenvalue weighted by Gasteiger charge is -2.27. The number of amides is 3. The van der Waals surface area contributed by atoms with Crippen molar-refractivity contribution in [2.24, 2.45) is 5.73 Å². The van der Waals surface area contributed by atoms with E-state index in [2.05, 4.69) is 4.74 Å². The lowest BCUT2D eigenvalue weighted by atomic mass is 9.95. The quantitative estimate of drug-likeness (QED) is 0.0969. The van der Waals surface area contributed by atoms with Crippen molar-refractivity contribution in [2.75, 3.05) is 13.1 Å². The van der Waals surface area contributed by atoms with E-state index in [0.717, 1.165) is 21.9 Å². The first-order valence-electron chi connectivity index (χ1n) is 19.4. The highest BCUT2D eigenvalue weighted by molar-refractivity contribution is 5.86. The van der Waals surface area contributed by atoms with Crippen molar-refractivity contribution in [3.8, 4) is 0 Å². The number of aliphatic carboxylic acids is 1. The van der Waals surface area contributed by atoms with Gasteiger partial charge in [0.2, 0.25) is 5.91 Å². The second-order valence-electron chi connectivity index (χ2n) is 18.4. The van der Waals surface area contributed by atoms with Crippen LogP contribution in [0.3, 0.4) is 0 Å². The van der Waals surface area contributed by atoms with E-state index in [-0.39, 0.29) is 38.3 Å².